The van der Waals surface area contributed by atoms with Crippen LogP contribution in [0.25, 0.3) is 0 Å². The van der Waals surface area contributed by atoms with Crippen molar-refractivity contribution >= 4 is 0 Å². The summed E-state index contributed by atoms with van der Waals surface area (Å²) in [6.07, 6.45) is 0.856. The van der Waals surface area contributed by atoms with Crippen LogP contribution in [0, 0.1) is 5.92 Å². The number of rotatable bonds is 5. The summed E-state index contributed by atoms with van der Waals surface area (Å²) in [5, 5.41) is 10.7. The van der Waals surface area contributed by atoms with E-state index < -0.39 is 5.60 Å². The summed E-state index contributed by atoms with van der Waals surface area (Å²) in [5.74, 6) is 1.01. The largest absolute Gasteiger partial charge is 0.491 e. The molecule has 1 aromatic rings. The van der Waals surface area contributed by atoms with Crippen molar-refractivity contribution in [3.8, 4) is 5.75 Å². The quantitative estimate of drug-likeness (QED) is 0.844. The second-order valence-electron chi connectivity index (χ2n) is 5.13. The highest BCUT2D eigenvalue weighted by atomic mass is 16.5. The number of hydrogen-bond donors (Lipinski definition) is 1. The molecule has 0 bridgehead atoms. The van der Waals surface area contributed by atoms with E-state index in [-0.39, 0.29) is 12.0 Å². The summed E-state index contributed by atoms with van der Waals surface area (Å²) in [7, 11) is 0. The Morgan fingerprint density at radius 3 is 2.35 bits per heavy atom. The Morgan fingerprint density at radius 1 is 1.24 bits per heavy atom. The maximum absolute atomic E-state index is 10.7. The third kappa shape index (κ3) is 3.22. The molecule has 0 aliphatic heterocycles. The van der Waals surface area contributed by atoms with E-state index in [4.69, 9.17) is 4.74 Å². The monoisotopic (exact) mass is 236 g/mol. The van der Waals surface area contributed by atoms with Gasteiger partial charge in [-0.2, -0.15) is 0 Å². The van der Waals surface area contributed by atoms with Crippen molar-refractivity contribution in [2.24, 2.45) is 5.92 Å². The van der Waals surface area contributed by atoms with Crippen molar-refractivity contribution in [3.63, 3.8) is 0 Å². The molecule has 2 heteroatoms. The zero-order valence-corrected chi connectivity index (χ0v) is 11.5. The molecular weight excluding hydrogens is 212 g/mol. The lowest BCUT2D eigenvalue weighted by atomic mass is 9.81. The zero-order chi connectivity index (χ0) is 13.1. The van der Waals surface area contributed by atoms with Gasteiger partial charge in [0.25, 0.3) is 0 Å². The van der Waals surface area contributed by atoms with Crippen molar-refractivity contribution < 1.29 is 9.84 Å². The van der Waals surface area contributed by atoms with Crippen LogP contribution in [0.4, 0.5) is 0 Å². The molecule has 1 aromatic carbocycles. The molecule has 1 unspecified atom stereocenters. The Morgan fingerprint density at radius 2 is 1.88 bits per heavy atom. The van der Waals surface area contributed by atoms with E-state index in [1.165, 1.54) is 0 Å². The maximum atomic E-state index is 10.7. The van der Waals surface area contributed by atoms with Crippen LogP contribution in [0.5, 0.6) is 5.75 Å². The Hall–Kier alpha value is -1.02. The highest BCUT2D eigenvalue weighted by Gasteiger charge is 2.31. The van der Waals surface area contributed by atoms with E-state index in [0.29, 0.717) is 6.42 Å². The lowest BCUT2D eigenvalue weighted by Gasteiger charge is -2.32. The summed E-state index contributed by atoms with van der Waals surface area (Å²) < 4.78 is 5.66. The van der Waals surface area contributed by atoms with E-state index in [1.54, 1.807) is 0 Å². The van der Waals surface area contributed by atoms with Crippen LogP contribution < -0.4 is 4.74 Å². The molecular formula is C15H24O2. The Labute approximate surface area is 105 Å². The minimum absolute atomic E-state index is 0.152. The fourth-order valence-corrected chi connectivity index (χ4v) is 2.06. The third-order valence-corrected chi connectivity index (χ3v) is 3.20. The molecule has 0 fully saturated rings. The van der Waals surface area contributed by atoms with Gasteiger partial charge in [0.15, 0.2) is 0 Å². The summed E-state index contributed by atoms with van der Waals surface area (Å²) >= 11 is 0. The van der Waals surface area contributed by atoms with Crippen molar-refractivity contribution in [2.75, 3.05) is 0 Å². The van der Waals surface area contributed by atoms with Gasteiger partial charge in [-0.05, 0) is 43.9 Å². The predicted octanol–water partition coefficient (Wildman–Crippen LogP) is 3.73. The molecule has 1 rings (SSSR count). The van der Waals surface area contributed by atoms with E-state index in [1.807, 2.05) is 58.9 Å². The zero-order valence-electron chi connectivity index (χ0n) is 11.5. The number of aliphatic hydroxyl groups is 1. The average molecular weight is 236 g/mol. The van der Waals surface area contributed by atoms with Gasteiger partial charge in [0.2, 0.25) is 0 Å². The molecule has 1 N–H and O–H groups in total. The van der Waals surface area contributed by atoms with Gasteiger partial charge in [0, 0.05) is 0 Å². The highest BCUT2D eigenvalue weighted by Crippen LogP contribution is 2.34. The summed E-state index contributed by atoms with van der Waals surface area (Å²) in [6, 6.07) is 7.79. The van der Waals surface area contributed by atoms with Crippen LogP contribution in [0.1, 0.15) is 46.6 Å². The van der Waals surface area contributed by atoms with E-state index in [2.05, 4.69) is 0 Å². The molecule has 0 aliphatic rings. The minimum Gasteiger partial charge on any atom is -0.491 e. The molecule has 1 atom stereocenters. The molecule has 17 heavy (non-hydrogen) atoms. The number of benzene rings is 1. The first-order valence-corrected chi connectivity index (χ1v) is 6.39. The van der Waals surface area contributed by atoms with Gasteiger partial charge in [-0.25, -0.2) is 0 Å². The van der Waals surface area contributed by atoms with Gasteiger partial charge in [0.05, 0.1) is 11.7 Å². The van der Waals surface area contributed by atoms with Crippen molar-refractivity contribution in [1.82, 2.24) is 0 Å². The Balaban J connectivity index is 3.05. The Bertz CT molecular complexity index is 358. The van der Waals surface area contributed by atoms with Crippen LogP contribution in [0.15, 0.2) is 24.3 Å². The van der Waals surface area contributed by atoms with Gasteiger partial charge < -0.3 is 9.84 Å². The van der Waals surface area contributed by atoms with Gasteiger partial charge in [-0.15, -0.1) is 0 Å². The molecule has 0 saturated heterocycles. The van der Waals surface area contributed by atoms with Gasteiger partial charge >= 0.3 is 0 Å². The number of hydrogen-bond acceptors (Lipinski definition) is 2. The van der Waals surface area contributed by atoms with Gasteiger partial charge in [-0.3, -0.25) is 0 Å². The van der Waals surface area contributed by atoms with Crippen molar-refractivity contribution in [2.45, 2.75) is 52.7 Å². The third-order valence-electron chi connectivity index (χ3n) is 3.20. The first-order valence-electron chi connectivity index (χ1n) is 6.39. The van der Waals surface area contributed by atoms with Crippen LogP contribution in [0.2, 0.25) is 0 Å². The van der Waals surface area contributed by atoms with Gasteiger partial charge in [-0.1, -0.05) is 32.9 Å². The molecule has 0 spiro atoms. The minimum atomic E-state index is -0.768. The first kappa shape index (κ1) is 14.0. The van der Waals surface area contributed by atoms with E-state index in [0.717, 1.165) is 11.3 Å². The van der Waals surface area contributed by atoms with Gasteiger partial charge in [0.1, 0.15) is 5.75 Å². The lowest BCUT2D eigenvalue weighted by molar-refractivity contribution is -0.0142. The second kappa shape index (κ2) is 5.54. The fraction of sp³-hybridized carbons (Fsp3) is 0.600. The summed E-state index contributed by atoms with van der Waals surface area (Å²) in [5.41, 5.74) is 0.171. The van der Waals surface area contributed by atoms with Crippen LogP contribution >= 0.6 is 0 Å². The van der Waals surface area contributed by atoms with Crippen LogP contribution in [-0.4, -0.2) is 11.2 Å². The van der Waals surface area contributed by atoms with Crippen LogP contribution in [0.3, 0.4) is 0 Å². The molecule has 0 radical (unpaired) electrons. The molecule has 0 amide bonds. The SMILES string of the molecule is CCC(O)(c1cccc(OC(C)C)c1)C(C)C. The van der Waals surface area contributed by atoms with E-state index >= 15 is 0 Å². The summed E-state index contributed by atoms with van der Waals surface area (Å²) in [6.45, 7) is 10.1. The molecule has 0 saturated carbocycles. The van der Waals surface area contributed by atoms with Crippen LogP contribution in [-0.2, 0) is 5.60 Å². The lowest BCUT2D eigenvalue weighted by Crippen LogP contribution is -2.31. The van der Waals surface area contributed by atoms with Crippen molar-refractivity contribution in [3.05, 3.63) is 29.8 Å². The normalized spacial score (nSPS) is 15.1. The van der Waals surface area contributed by atoms with Crippen molar-refractivity contribution in [1.29, 1.82) is 0 Å². The number of ether oxygens (including phenoxy) is 1. The Kier molecular flexibility index (Phi) is 4.58. The topological polar surface area (TPSA) is 29.5 Å². The smallest absolute Gasteiger partial charge is 0.120 e. The highest BCUT2D eigenvalue weighted by molar-refractivity contribution is 5.32. The summed E-state index contributed by atoms with van der Waals surface area (Å²) in [4.78, 5) is 0. The molecule has 0 aromatic heterocycles. The molecule has 2 nitrogen and oxygen atoms in total. The standard InChI is InChI=1S/C15H24O2/c1-6-15(16,11(2)3)13-8-7-9-14(10-13)17-12(4)5/h7-12,16H,6H2,1-5H3. The average Bonchev–Trinajstić information content (AvgIpc) is 2.27. The molecule has 0 aliphatic carbocycles. The predicted molar refractivity (Wildman–Crippen MR) is 71.2 cm³/mol. The molecule has 0 heterocycles. The fourth-order valence-electron chi connectivity index (χ4n) is 2.06. The second-order valence-corrected chi connectivity index (χ2v) is 5.13. The maximum Gasteiger partial charge on any atom is 0.120 e. The first-order chi connectivity index (χ1) is 7.90. The van der Waals surface area contributed by atoms with E-state index in [9.17, 15) is 5.11 Å². The molecule has 96 valence electrons.